The molecule has 1 aromatic heterocycles. The van der Waals surface area contributed by atoms with Gasteiger partial charge in [0.2, 0.25) is 0 Å². The number of anilines is 1. The maximum absolute atomic E-state index is 13.0. The average molecular weight is 282 g/mol. The second-order valence-corrected chi connectivity index (χ2v) is 4.41. The summed E-state index contributed by atoms with van der Waals surface area (Å²) in [5.41, 5.74) is 5.34. The first kappa shape index (κ1) is 14.3. The van der Waals surface area contributed by atoms with Gasteiger partial charge in [-0.2, -0.15) is 13.2 Å². The third kappa shape index (κ3) is 2.60. The van der Waals surface area contributed by atoms with Gasteiger partial charge >= 0.3 is 6.18 Å². The number of pyridine rings is 1. The SMILES string of the molecule is Cc1ccnc(N)c1C(O)c1ccccc1C(F)(F)F. The molecule has 3 nitrogen and oxygen atoms in total. The van der Waals surface area contributed by atoms with Gasteiger partial charge in [0.15, 0.2) is 0 Å². The fourth-order valence-corrected chi connectivity index (χ4v) is 2.10. The minimum Gasteiger partial charge on any atom is -0.383 e. The van der Waals surface area contributed by atoms with Crippen molar-refractivity contribution >= 4 is 5.82 Å². The highest BCUT2D eigenvalue weighted by molar-refractivity contribution is 5.50. The molecule has 1 atom stereocenters. The molecule has 0 radical (unpaired) electrons. The van der Waals surface area contributed by atoms with Crippen molar-refractivity contribution in [2.45, 2.75) is 19.2 Å². The van der Waals surface area contributed by atoms with E-state index >= 15 is 0 Å². The average Bonchev–Trinajstić information content (AvgIpc) is 2.37. The van der Waals surface area contributed by atoms with Crippen molar-refractivity contribution in [1.82, 2.24) is 4.98 Å². The summed E-state index contributed by atoms with van der Waals surface area (Å²) >= 11 is 0. The fraction of sp³-hybridized carbons (Fsp3) is 0.214. The van der Waals surface area contributed by atoms with Crippen LogP contribution in [-0.4, -0.2) is 10.1 Å². The first-order valence-corrected chi connectivity index (χ1v) is 5.87. The Labute approximate surface area is 113 Å². The predicted octanol–water partition coefficient (Wildman–Crippen LogP) is 3.07. The lowest BCUT2D eigenvalue weighted by Gasteiger charge is -2.20. The van der Waals surface area contributed by atoms with E-state index in [1.807, 2.05) is 0 Å². The zero-order chi connectivity index (χ0) is 14.9. The Morgan fingerprint density at radius 3 is 2.45 bits per heavy atom. The fourth-order valence-electron chi connectivity index (χ4n) is 2.10. The molecule has 0 aliphatic heterocycles. The molecule has 1 unspecified atom stereocenters. The summed E-state index contributed by atoms with van der Waals surface area (Å²) in [5.74, 6) is 0.0227. The Balaban J connectivity index is 2.58. The Kier molecular flexibility index (Phi) is 3.67. The van der Waals surface area contributed by atoms with Gasteiger partial charge in [-0.05, 0) is 30.2 Å². The number of aliphatic hydroxyl groups excluding tert-OH is 1. The number of aryl methyl sites for hydroxylation is 1. The molecule has 0 saturated heterocycles. The van der Waals surface area contributed by atoms with Gasteiger partial charge in [-0.25, -0.2) is 4.98 Å². The van der Waals surface area contributed by atoms with Crippen molar-refractivity contribution in [2.24, 2.45) is 0 Å². The number of aromatic nitrogens is 1. The highest BCUT2D eigenvalue weighted by Gasteiger charge is 2.35. The van der Waals surface area contributed by atoms with E-state index in [2.05, 4.69) is 4.98 Å². The number of alkyl halides is 3. The third-order valence-corrected chi connectivity index (χ3v) is 3.07. The number of halogens is 3. The quantitative estimate of drug-likeness (QED) is 0.890. The van der Waals surface area contributed by atoms with Gasteiger partial charge < -0.3 is 10.8 Å². The van der Waals surface area contributed by atoms with E-state index in [0.29, 0.717) is 5.56 Å². The first-order valence-electron chi connectivity index (χ1n) is 5.87. The number of aliphatic hydroxyl groups is 1. The van der Waals surface area contributed by atoms with Crippen LogP contribution in [0.1, 0.15) is 28.4 Å². The Hall–Kier alpha value is -2.08. The van der Waals surface area contributed by atoms with Crippen molar-refractivity contribution in [3.05, 3.63) is 58.8 Å². The van der Waals surface area contributed by atoms with Crippen molar-refractivity contribution in [3.63, 3.8) is 0 Å². The Morgan fingerprint density at radius 2 is 1.85 bits per heavy atom. The van der Waals surface area contributed by atoms with Crippen LogP contribution in [0.4, 0.5) is 19.0 Å². The minimum absolute atomic E-state index is 0.0227. The largest absolute Gasteiger partial charge is 0.416 e. The molecule has 106 valence electrons. The number of benzene rings is 1. The van der Waals surface area contributed by atoms with E-state index in [9.17, 15) is 18.3 Å². The van der Waals surface area contributed by atoms with Gasteiger partial charge in [-0.3, -0.25) is 0 Å². The Bertz CT molecular complexity index is 606. The molecule has 0 amide bonds. The third-order valence-electron chi connectivity index (χ3n) is 3.07. The smallest absolute Gasteiger partial charge is 0.383 e. The molecule has 0 aliphatic rings. The minimum atomic E-state index is -4.54. The molecule has 1 aromatic carbocycles. The van der Waals surface area contributed by atoms with Crippen LogP contribution in [0.2, 0.25) is 0 Å². The summed E-state index contributed by atoms with van der Waals surface area (Å²) in [7, 11) is 0. The highest BCUT2D eigenvalue weighted by Crippen LogP contribution is 2.38. The summed E-state index contributed by atoms with van der Waals surface area (Å²) in [5, 5.41) is 10.3. The molecule has 0 fully saturated rings. The van der Waals surface area contributed by atoms with Gasteiger partial charge in [-0.1, -0.05) is 18.2 Å². The van der Waals surface area contributed by atoms with Crippen molar-refractivity contribution < 1.29 is 18.3 Å². The van der Waals surface area contributed by atoms with E-state index in [-0.39, 0.29) is 16.9 Å². The second-order valence-electron chi connectivity index (χ2n) is 4.41. The van der Waals surface area contributed by atoms with Crippen molar-refractivity contribution in [3.8, 4) is 0 Å². The summed E-state index contributed by atoms with van der Waals surface area (Å²) < 4.78 is 38.9. The Morgan fingerprint density at radius 1 is 1.20 bits per heavy atom. The number of hydrogen-bond donors (Lipinski definition) is 2. The van der Waals surface area contributed by atoms with Crippen LogP contribution in [0, 0.1) is 6.92 Å². The van der Waals surface area contributed by atoms with Crippen LogP contribution < -0.4 is 5.73 Å². The van der Waals surface area contributed by atoms with E-state index in [1.165, 1.54) is 24.4 Å². The van der Waals surface area contributed by atoms with E-state index < -0.39 is 17.8 Å². The topological polar surface area (TPSA) is 59.1 Å². The molecule has 0 spiro atoms. The number of rotatable bonds is 2. The van der Waals surface area contributed by atoms with E-state index in [1.54, 1.807) is 13.0 Å². The van der Waals surface area contributed by atoms with Gasteiger partial charge in [0, 0.05) is 11.8 Å². The second kappa shape index (κ2) is 5.13. The summed E-state index contributed by atoms with van der Waals surface area (Å²) in [6.07, 6.45) is -4.57. The molecule has 3 N–H and O–H groups in total. The van der Waals surface area contributed by atoms with Crippen molar-refractivity contribution in [2.75, 3.05) is 5.73 Å². The molecule has 0 bridgehead atoms. The molecule has 0 aliphatic carbocycles. The van der Waals surface area contributed by atoms with Crippen LogP contribution in [0.3, 0.4) is 0 Å². The summed E-state index contributed by atoms with van der Waals surface area (Å²) in [4.78, 5) is 3.81. The lowest BCUT2D eigenvalue weighted by Crippen LogP contribution is -2.14. The molecule has 0 saturated carbocycles. The monoisotopic (exact) mass is 282 g/mol. The standard InChI is InChI=1S/C14H13F3N2O/c1-8-6-7-19-13(18)11(8)12(20)9-4-2-3-5-10(9)14(15,16)17/h2-7,12,20H,1H3,(H2,18,19). The number of hydrogen-bond acceptors (Lipinski definition) is 3. The summed E-state index contributed by atoms with van der Waals surface area (Å²) in [6, 6.07) is 6.47. The molecular formula is C14H13F3N2O. The van der Waals surface area contributed by atoms with E-state index in [0.717, 1.165) is 6.07 Å². The van der Waals surface area contributed by atoms with Gasteiger partial charge in [0.25, 0.3) is 0 Å². The molecule has 6 heteroatoms. The van der Waals surface area contributed by atoms with Gasteiger partial charge in [-0.15, -0.1) is 0 Å². The number of nitrogens with zero attached hydrogens (tertiary/aromatic N) is 1. The van der Waals surface area contributed by atoms with Crippen LogP contribution in [-0.2, 0) is 6.18 Å². The van der Waals surface area contributed by atoms with E-state index in [4.69, 9.17) is 5.73 Å². The molecule has 2 rings (SSSR count). The molecular weight excluding hydrogens is 269 g/mol. The lowest BCUT2D eigenvalue weighted by molar-refractivity contribution is -0.139. The maximum Gasteiger partial charge on any atom is 0.416 e. The maximum atomic E-state index is 13.0. The zero-order valence-electron chi connectivity index (χ0n) is 10.6. The molecule has 20 heavy (non-hydrogen) atoms. The van der Waals surface area contributed by atoms with Crippen LogP contribution in [0.25, 0.3) is 0 Å². The highest BCUT2D eigenvalue weighted by atomic mass is 19.4. The van der Waals surface area contributed by atoms with Crippen LogP contribution >= 0.6 is 0 Å². The van der Waals surface area contributed by atoms with Gasteiger partial charge in [0.05, 0.1) is 5.56 Å². The lowest BCUT2D eigenvalue weighted by atomic mass is 9.94. The predicted molar refractivity (Wildman–Crippen MR) is 68.9 cm³/mol. The number of nitrogens with two attached hydrogens (primary N) is 1. The number of nitrogen functional groups attached to an aromatic ring is 1. The van der Waals surface area contributed by atoms with Crippen LogP contribution in [0.15, 0.2) is 36.5 Å². The zero-order valence-corrected chi connectivity index (χ0v) is 10.6. The summed E-state index contributed by atoms with van der Waals surface area (Å²) in [6.45, 7) is 1.66. The normalized spacial score (nSPS) is 13.2. The molecule has 2 aromatic rings. The first-order chi connectivity index (χ1) is 9.32. The van der Waals surface area contributed by atoms with Gasteiger partial charge in [0.1, 0.15) is 11.9 Å². The molecule has 1 heterocycles. The van der Waals surface area contributed by atoms with Crippen LogP contribution in [0.5, 0.6) is 0 Å². The van der Waals surface area contributed by atoms with Crippen molar-refractivity contribution in [1.29, 1.82) is 0 Å².